The van der Waals surface area contributed by atoms with Crippen LogP contribution in [0, 0.1) is 0 Å². The SMILES string of the molecule is c1ccc(-c2cc(-c3cccc(-c4nc(-c5ccccc5)nc(-c5ccccc5)n4)c3)c(-c3ccccc3)c(-c3cccc4c3oc3ccccc34)c2)cc1. The van der Waals surface area contributed by atoms with E-state index < -0.39 is 0 Å². The maximum absolute atomic E-state index is 6.67. The third-order valence-electron chi connectivity index (χ3n) is 10.1. The van der Waals surface area contributed by atoms with Crippen LogP contribution in [0.5, 0.6) is 0 Å². The number of aromatic nitrogens is 3. The van der Waals surface area contributed by atoms with Crippen molar-refractivity contribution < 1.29 is 4.42 Å². The topological polar surface area (TPSA) is 51.8 Å². The third-order valence-corrected chi connectivity index (χ3v) is 10.1. The highest BCUT2D eigenvalue weighted by atomic mass is 16.3. The van der Waals surface area contributed by atoms with Crippen molar-refractivity contribution in [2.75, 3.05) is 0 Å². The third kappa shape index (κ3) is 6.06. The first-order chi connectivity index (χ1) is 27.3. The fourth-order valence-corrected chi connectivity index (χ4v) is 7.52. The van der Waals surface area contributed by atoms with Crippen molar-refractivity contribution in [3.8, 4) is 78.7 Å². The van der Waals surface area contributed by atoms with Crippen LogP contribution in [0.1, 0.15) is 0 Å². The van der Waals surface area contributed by atoms with Gasteiger partial charge in [-0.1, -0.05) is 176 Å². The lowest BCUT2D eigenvalue weighted by atomic mass is 9.84. The molecule has 55 heavy (non-hydrogen) atoms. The molecule has 0 saturated carbocycles. The molecule has 0 N–H and O–H groups in total. The van der Waals surface area contributed by atoms with E-state index in [0.717, 1.165) is 83.1 Å². The second-order valence-corrected chi connectivity index (χ2v) is 13.6. The molecule has 2 aromatic heterocycles. The van der Waals surface area contributed by atoms with Crippen molar-refractivity contribution in [3.05, 3.63) is 200 Å². The zero-order valence-corrected chi connectivity index (χ0v) is 29.8. The normalized spacial score (nSPS) is 11.3. The van der Waals surface area contributed by atoms with Crippen molar-refractivity contribution in [2.24, 2.45) is 0 Å². The van der Waals surface area contributed by atoms with Crippen molar-refractivity contribution in [1.82, 2.24) is 15.0 Å². The van der Waals surface area contributed by atoms with Crippen LogP contribution in [0.25, 0.3) is 101 Å². The molecule has 0 saturated heterocycles. The molecule has 0 amide bonds. The molecule has 4 heteroatoms. The molecule has 0 aliphatic carbocycles. The molecular weight excluding hydrogens is 671 g/mol. The average Bonchev–Trinajstić information content (AvgIpc) is 3.66. The van der Waals surface area contributed by atoms with E-state index in [0.29, 0.717) is 17.5 Å². The number of rotatable bonds is 7. The Hall–Kier alpha value is -7.43. The molecule has 0 atom stereocenters. The van der Waals surface area contributed by atoms with Gasteiger partial charge in [0.15, 0.2) is 17.5 Å². The lowest BCUT2D eigenvalue weighted by molar-refractivity contribution is 0.670. The first kappa shape index (κ1) is 32.2. The Balaban J connectivity index is 1.24. The highest BCUT2D eigenvalue weighted by Gasteiger charge is 2.21. The summed E-state index contributed by atoms with van der Waals surface area (Å²) in [7, 11) is 0. The van der Waals surface area contributed by atoms with Crippen LogP contribution in [0.3, 0.4) is 0 Å². The van der Waals surface area contributed by atoms with Gasteiger partial charge in [-0.15, -0.1) is 0 Å². The van der Waals surface area contributed by atoms with Crippen LogP contribution >= 0.6 is 0 Å². The summed E-state index contributed by atoms with van der Waals surface area (Å²) in [6, 6.07) is 69.4. The van der Waals surface area contributed by atoms with Gasteiger partial charge in [-0.2, -0.15) is 0 Å². The second kappa shape index (κ2) is 13.8. The molecule has 8 aromatic carbocycles. The molecule has 0 aliphatic heterocycles. The molecule has 0 spiro atoms. The van der Waals surface area contributed by atoms with Crippen LogP contribution < -0.4 is 0 Å². The lowest BCUT2D eigenvalue weighted by Crippen LogP contribution is -2.00. The van der Waals surface area contributed by atoms with Crippen molar-refractivity contribution >= 4 is 21.9 Å². The molecule has 0 aliphatic rings. The first-order valence-electron chi connectivity index (χ1n) is 18.4. The number of fused-ring (bicyclic) bond motifs is 3. The Bertz CT molecular complexity index is 2900. The van der Waals surface area contributed by atoms with E-state index in [1.165, 1.54) is 0 Å². The van der Waals surface area contributed by atoms with Gasteiger partial charge in [-0.25, -0.2) is 15.0 Å². The van der Waals surface area contributed by atoms with Gasteiger partial charge in [0, 0.05) is 33.0 Å². The quantitative estimate of drug-likeness (QED) is 0.166. The number of hydrogen-bond donors (Lipinski definition) is 0. The average molecular weight is 704 g/mol. The van der Waals surface area contributed by atoms with Crippen molar-refractivity contribution in [2.45, 2.75) is 0 Å². The summed E-state index contributed by atoms with van der Waals surface area (Å²) in [6.45, 7) is 0. The molecular formula is C51H33N3O. The van der Waals surface area contributed by atoms with Gasteiger partial charge in [0.25, 0.3) is 0 Å². The number of furan rings is 1. The summed E-state index contributed by atoms with van der Waals surface area (Å²) in [5, 5.41) is 2.20. The van der Waals surface area contributed by atoms with Gasteiger partial charge in [0.1, 0.15) is 11.2 Å². The van der Waals surface area contributed by atoms with E-state index in [1.54, 1.807) is 0 Å². The minimum Gasteiger partial charge on any atom is -0.455 e. The van der Waals surface area contributed by atoms with E-state index in [9.17, 15) is 0 Å². The zero-order chi connectivity index (χ0) is 36.6. The Morgan fingerprint density at radius 1 is 0.291 bits per heavy atom. The molecule has 0 radical (unpaired) electrons. The van der Waals surface area contributed by atoms with Crippen LogP contribution in [-0.4, -0.2) is 15.0 Å². The predicted molar refractivity (Wildman–Crippen MR) is 225 cm³/mol. The summed E-state index contributed by atoms with van der Waals surface area (Å²) >= 11 is 0. The summed E-state index contributed by atoms with van der Waals surface area (Å²) in [5.41, 5.74) is 13.3. The van der Waals surface area contributed by atoms with E-state index >= 15 is 0 Å². The fraction of sp³-hybridized carbons (Fsp3) is 0. The molecule has 0 unspecified atom stereocenters. The van der Waals surface area contributed by atoms with Crippen molar-refractivity contribution in [3.63, 3.8) is 0 Å². The Morgan fingerprint density at radius 3 is 1.42 bits per heavy atom. The number of para-hydroxylation sites is 2. The molecule has 258 valence electrons. The Morgan fingerprint density at radius 2 is 0.764 bits per heavy atom. The number of hydrogen-bond acceptors (Lipinski definition) is 4. The standard InChI is InChI=1S/C51H33N3O/c1-5-17-34(18-6-1)40-32-44(47(35-19-7-2-8-20-35)45(33-40)43-29-16-28-42-41-27-13-14-30-46(41)55-48(42)43)38-25-15-26-39(31-38)51-53-49(36-21-9-3-10-22-36)52-50(54-51)37-23-11-4-12-24-37/h1-33H. The second-order valence-electron chi connectivity index (χ2n) is 13.6. The molecule has 0 bridgehead atoms. The van der Waals surface area contributed by atoms with E-state index in [2.05, 4.69) is 127 Å². The lowest BCUT2D eigenvalue weighted by Gasteiger charge is -2.19. The van der Waals surface area contributed by atoms with E-state index in [1.807, 2.05) is 72.8 Å². The summed E-state index contributed by atoms with van der Waals surface area (Å²) < 4.78 is 6.67. The first-order valence-corrected chi connectivity index (χ1v) is 18.4. The van der Waals surface area contributed by atoms with E-state index in [-0.39, 0.29) is 0 Å². The fourth-order valence-electron chi connectivity index (χ4n) is 7.52. The highest BCUT2D eigenvalue weighted by molar-refractivity contribution is 6.12. The van der Waals surface area contributed by atoms with Crippen LogP contribution in [-0.2, 0) is 0 Å². The Kier molecular flexibility index (Phi) is 8.12. The summed E-state index contributed by atoms with van der Waals surface area (Å²) in [4.78, 5) is 15.1. The largest absolute Gasteiger partial charge is 0.455 e. The molecule has 0 fully saturated rings. The summed E-state index contributed by atoms with van der Waals surface area (Å²) in [6.07, 6.45) is 0. The van der Waals surface area contributed by atoms with Gasteiger partial charge >= 0.3 is 0 Å². The van der Waals surface area contributed by atoms with Crippen LogP contribution in [0.15, 0.2) is 205 Å². The molecule has 10 aromatic rings. The Labute approximate surface area is 319 Å². The van der Waals surface area contributed by atoms with Crippen LogP contribution in [0.2, 0.25) is 0 Å². The molecule has 10 rings (SSSR count). The van der Waals surface area contributed by atoms with Gasteiger partial charge in [0.2, 0.25) is 0 Å². The number of benzene rings is 8. The monoisotopic (exact) mass is 703 g/mol. The van der Waals surface area contributed by atoms with E-state index in [4.69, 9.17) is 19.4 Å². The summed E-state index contributed by atoms with van der Waals surface area (Å²) in [5.74, 6) is 1.88. The maximum atomic E-state index is 6.67. The van der Waals surface area contributed by atoms with Crippen LogP contribution in [0.4, 0.5) is 0 Å². The van der Waals surface area contributed by atoms with Gasteiger partial charge < -0.3 is 4.42 Å². The predicted octanol–water partition coefficient (Wildman–Crippen LogP) is 13.4. The molecule has 4 nitrogen and oxygen atoms in total. The smallest absolute Gasteiger partial charge is 0.164 e. The van der Waals surface area contributed by atoms with Crippen molar-refractivity contribution in [1.29, 1.82) is 0 Å². The number of nitrogens with zero attached hydrogens (tertiary/aromatic N) is 3. The van der Waals surface area contributed by atoms with Gasteiger partial charge in [-0.3, -0.25) is 0 Å². The minimum atomic E-state index is 0.613. The van der Waals surface area contributed by atoms with Gasteiger partial charge in [0.05, 0.1) is 0 Å². The molecule has 2 heterocycles. The minimum absolute atomic E-state index is 0.613. The highest BCUT2D eigenvalue weighted by Crippen LogP contribution is 2.46. The maximum Gasteiger partial charge on any atom is 0.164 e. The van der Waals surface area contributed by atoms with Gasteiger partial charge in [-0.05, 0) is 63.2 Å². The zero-order valence-electron chi connectivity index (χ0n) is 29.8.